The minimum Gasteiger partial charge on any atom is -0.393 e. The Balaban J connectivity index is 2.06. The molecule has 0 atom stereocenters. The van der Waals surface area contributed by atoms with Crippen LogP contribution in [0.5, 0.6) is 0 Å². The second-order valence-corrected chi connectivity index (χ2v) is 4.23. The molecule has 2 N–H and O–H groups in total. The van der Waals surface area contributed by atoms with Gasteiger partial charge in [-0.25, -0.2) is 13.8 Å². The van der Waals surface area contributed by atoms with Gasteiger partial charge in [-0.15, -0.1) is 0 Å². The van der Waals surface area contributed by atoms with E-state index in [1.165, 1.54) is 6.07 Å². The van der Waals surface area contributed by atoms with E-state index in [-0.39, 0.29) is 17.5 Å². The molecule has 2 aromatic rings. The Labute approximate surface area is 90.1 Å². The van der Waals surface area contributed by atoms with Crippen LogP contribution in [0.15, 0.2) is 12.1 Å². The number of hydrogen-bond acceptors (Lipinski definition) is 2. The molecule has 1 aliphatic rings. The van der Waals surface area contributed by atoms with Gasteiger partial charge < -0.3 is 10.1 Å². The topological polar surface area (TPSA) is 48.9 Å². The highest BCUT2D eigenvalue weighted by atomic mass is 19.1. The summed E-state index contributed by atoms with van der Waals surface area (Å²) < 4.78 is 26.3. The first kappa shape index (κ1) is 9.72. The Kier molecular flexibility index (Phi) is 1.97. The average molecular weight is 224 g/mol. The number of aliphatic hydroxyl groups excluding tert-OH is 1. The normalized spacial score (nSPS) is 24.7. The molecule has 0 unspecified atom stereocenters. The molecule has 5 heteroatoms. The highest BCUT2D eigenvalue weighted by Crippen LogP contribution is 2.36. The first-order valence-electron chi connectivity index (χ1n) is 5.16. The lowest BCUT2D eigenvalue weighted by molar-refractivity contribution is 0.0720. The van der Waals surface area contributed by atoms with Crippen LogP contribution in [0, 0.1) is 11.6 Å². The molecule has 1 aliphatic carbocycles. The highest BCUT2D eigenvalue weighted by molar-refractivity contribution is 5.75. The lowest BCUT2D eigenvalue weighted by atomic mass is 9.82. The lowest BCUT2D eigenvalue weighted by Crippen LogP contribution is -2.27. The molecule has 1 saturated carbocycles. The molecule has 0 spiro atoms. The van der Waals surface area contributed by atoms with Crippen molar-refractivity contribution in [1.29, 1.82) is 0 Å². The van der Waals surface area contributed by atoms with Gasteiger partial charge in [0.1, 0.15) is 17.2 Å². The van der Waals surface area contributed by atoms with Gasteiger partial charge >= 0.3 is 0 Å². The van der Waals surface area contributed by atoms with Gasteiger partial charge in [0.25, 0.3) is 0 Å². The maximum Gasteiger partial charge on any atom is 0.153 e. The zero-order chi connectivity index (χ0) is 11.3. The maximum absolute atomic E-state index is 13.4. The van der Waals surface area contributed by atoms with Gasteiger partial charge in [0.05, 0.1) is 11.6 Å². The molecule has 3 rings (SSSR count). The van der Waals surface area contributed by atoms with Crippen LogP contribution in [0.4, 0.5) is 8.78 Å². The van der Waals surface area contributed by atoms with Crippen LogP contribution in [0.3, 0.4) is 0 Å². The Morgan fingerprint density at radius 3 is 2.75 bits per heavy atom. The Morgan fingerprint density at radius 2 is 2.06 bits per heavy atom. The van der Waals surface area contributed by atoms with Gasteiger partial charge in [-0.2, -0.15) is 0 Å². The van der Waals surface area contributed by atoms with E-state index in [0.717, 1.165) is 6.07 Å². The summed E-state index contributed by atoms with van der Waals surface area (Å²) in [4.78, 5) is 7.00. The number of rotatable bonds is 1. The fourth-order valence-electron chi connectivity index (χ4n) is 2.07. The Hall–Kier alpha value is -1.49. The second-order valence-electron chi connectivity index (χ2n) is 4.23. The van der Waals surface area contributed by atoms with Crippen molar-refractivity contribution < 1.29 is 13.9 Å². The Morgan fingerprint density at radius 1 is 1.31 bits per heavy atom. The van der Waals surface area contributed by atoms with Crippen LogP contribution in [0.2, 0.25) is 0 Å². The van der Waals surface area contributed by atoms with Crippen molar-refractivity contribution in [3.05, 3.63) is 29.6 Å². The van der Waals surface area contributed by atoms with Crippen molar-refractivity contribution in [1.82, 2.24) is 9.97 Å². The fourth-order valence-corrected chi connectivity index (χ4v) is 2.07. The number of aromatic amines is 1. The van der Waals surface area contributed by atoms with Crippen molar-refractivity contribution in [2.24, 2.45) is 0 Å². The van der Waals surface area contributed by atoms with Gasteiger partial charge in [-0.1, -0.05) is 0 Å². The second kappa shape index (κ2) is 3.25. The van der Waals surface area contributed by atoms with E-state index in [4.69, 9.17) is 0 Å². The SMILES string of the molecule is OC1CC(c2nc3c(F)cc(F)cc3[nH]2)C1. The van der Waals surface area contributed by atoms with Gasteiger partial charge in [0, 0.05) is 12.0 Å². The monoisotopic (exact) mass is 224 g/mol. The zero-order valence-corrected chi connectivity index (χ0v) is 8.37. The number of aliphatic hydroxyl groups is 1. The third-order valence-corrected chi connectivity index (χ3v) is 3.02. The molecule has 0 saturated heterocycles. The Bertz CT molecular complexity index is 546. The van der Waals surface area contributed by atoms with E-state index in [1.54, 1.807) is 0 Å². The summed E-state index contributed by atoms with van der Waals surface area (Å²) in [6, 6.07) is 2.05. The molecular formula is C11H10F2N2O. The number of imidazole rings is 1. The van der Waals surface area contributed by atoms with Gasteiger partial charge in [-0.3, -0.25) is 0 Å². The summed E-state index contributed by atoms with van der Waals surface area (Å²) in [7, 11) is 0. The summed E-state index contributed by atoms with van der Waals surface area (Å²) in [5, 5.41) is 9.18. The third-order valence-electron chi connectivity index (χ3n) is 3.02. The van der Waals surface area contributed by atoms with E-state index in [0.29, 0.717) is 24.2 Å². The largest absolute Gasteiger partial charge is 0.393 e. The van der Waals surface area contributed by atoms with E-state index in [9.17, 15) is 13.9 Å². The maximum atomic E-state index is 13.4. The molecular weight excluding hydrogens is 214 g/mol. The number of nitrogens with zero attached hydrogens (tertiary/aromatic N) is 1. The molecule has 0 amide bonds. The van der Waals surface area contributed by atoms with Crippen LogP contribution >= 0.6 is 0 Å². The predicted octanol–water partition coefficient (Wildman–Crippen LogP) is 2.08. The summed E-state index contributed by atoms with van der Waals surface area (Å²) >= 11 is 0. The number of nitrogens with one attached hydrogen (secondary N) is 1. The predicted molar refractivity (Wildman–Crippen MR) is 54.0 cm³/mol. The smallest absolute Gasteiger partial charge is 0.153 e. The minimum absolute atomic E-state index is 0.130. The summed E-state index contributed by atoms with van der Waals surface area (Å²) in [6.07, 6.45) is 0.966. The molecule has 84 valence electrons. The number of benzene rings is 1. The van der Waals surface area contributed by atoms with E-state index >= 15 is 0 Å². The number of hydrogen-bond donors (Lipinski definition) is 2. The van der Waals surface area contributed by atoms with E-state index < -0.39 is 11.6 Å². The van der Waals surface area contributed by atoms with Gasteiger partial charge in [0.15, 0.2) is 5.82 Å². The molecule has 0 bridgehead atoms. The van der Waals surface area contributed by atoms with Gasteiger partial charge in [-0.05, 0) is 18.9 Å². The molecule has 0 aliphatic heterocycles. The number of fused-ring (bicyclic) bond motifs is 1. The lowest BCUT2D eigenvalue weighted by Gasteiger charge is -2.29. The highest BCUT2D eigenvalue weighted by Gasteiger charge is 2.31. The fraction of sp³-hybridized carbons (Fsp3) is 0.364. The van der Waals surface area contributed by atoms with Crippen molar-refractivity contribution in [3.8, 4) is 0 Å². The van der Waals surface area contributed by atoms with Crippen molar-refractivity contribution in [3.63, 3.8) is 0 Å². The van der Waals surface area contributed by atoms with E-state index in [1.807, 2.05) is 0 Å². The summed E-state index contributed by atoms with van der Waals surface area (Å²) in [5.74, 6) is -0.513. The van der Waals surface area contributed by atoms with Crippen LogP contribution in [0.25, 0.3) is 11.0 Å². The molecule has 0 radical (unpaired) electrons. The number of H-pyrrole nitrogens is 1. The van der Waals surface area contributed by atoms with Crippen LogP contribution < -0.4 is 0 Å². The van der Waals surface area contributed by atoms with Crippen molar-refractivity contribution >= 4 is 11.0 Å². The number of halogens is 2. The summed E-state index contributed by atoms with van der Waals surface area (Å²) in [5.41, 5.74) is 0.534. The van der Waals surface area contributed by atoms with Crippen LogP contribution in [-0.2, 0) is 0 Å². The minimum atomic E-state index is -0.655. The van der Waals surface area contributed by atoms with Crippen LogP contribution in [-0.4, -0.2) is 21.2 Å². The average Bonchev–Trinajstić information content (AvgIpc) is 2.56. The van der Waals surface area contributed by atoms with Crippen LogP contribution in [0.1, 0.15) is 24.6 Å². The molecule has 1 fully saturated rings. The summed E-state index contributed by atoms with van der Waals surface area (Å²) in [6.45, 7) is 0. The number of aromatic nitrogens is 2. The van der Waals surface area contributed by atoms with E-state index in [2.05, 4.69) is 9.97 Å². The van der Waals surface area contributed by atoms with Gasteiger partial charge in [0.2, 0.25) is 0 Å². The standard InChI is InChI=1S/C11H10F2N2O/c12-6-3-8(13)10-9(4-6)14-11(15-10)5-1-7(16)2-5/h3-5,7,16H,1-2H2,(H,14,15). The first-order valence-corrected chi connectivity index (χ1v) is 5.16. The molecule has 1 aromatic carbocycles. The molecule has 1 heterocycles. The quantitative estimate of drug-likeness (QED) is 0.779. The van der Waals surface area contributed by atoms with Crippen molar-refractivity contribution in [2.75, 3.05) is 0 Å². The molecule has 3 nitrogen and oxygen atoms in total. The first-order chi connectivity index (χ1) is 7.63. The third kappa shape index (κ3) is 1.39. The van der Waals surface area contributed by atoms with Crippen molar-refractivity contribution in [2.45, 2.75) is 24.9 Å². The molecule has 16 heavy (non-hydrogen) atoms. The zero-order valence-electron chi connectivity index (χ0n) is 8.37. The molecule has 1 aromatic heterocycles.